The zero-order valence-electron chi connectivity index (χ0n) is 11.8. The number of aromatic nitrogens is 1. The van der Waals surface area contributed by atoms with E-state index in [0.717, 1.165) is 37.7 Å². The molecular weight excluding hydrogens is 242 g/mol. The summed E-state index contributed by atoms with van der Waals surface area (Å²) in [6.45, 7) is 10.0. The SMILES string of the molecule is Cc1cc(C(=O)O)cc(N2CCN(C(C)C)CC2)n1. The largest absolute Gasteiger partial charge is 0.478 e. The Morgan fingerprint density at radius 1 is 1.26 bits per heavy atom. The number of anilines is 1. The highest BCUT2D eigenvalue weighted by Gasteiger charge is 2.20. The number of aryl methyl sites for hydroxylation is 1. The Hall–Kier alpha value is -1.62. The molecule has 0 radical (unpaired) electrons. The summed E-state index contributed by atoms with van der Waals surface area (Å²) in [7, 11) is 0. The number of aromatic carboxylic acids is 1. The molecule has 1 aliphatic heterocycles. The zero-order chi connectivity index (χ0) is 14.0. The molecule has 5 nitrogen and oxygen atoms in total. The van der Waals surface area contributed by atoms with Crippen LogP contribution in [0.4, 0.5) is 5.82 Å². The van der Waals surface area contributed by atoms with E-state index in [1.165, 1.54) is 0 Å². The molecule has 0 aromatic carbocycles. The molecule has 5 heteroatoms. The van der Waals surface area contributed by atoms with Crippen LogP contribution in [-0.4, -0.2) is 53.2 Å². The van der Waals surface area contributed by atoms with E-state index in [2.05, 4.69) is 28.6 Å². The molecule has 1 N–H and O–H groups in total. The summed E-state index contributed by atoms with van der Waals surface area (Å²) in [5, 5.41) is 9.09. The average molecular weight is 263 g/mol. The summed E-state index contributed by atoms with van der Waals surface area (Å²) in [4.78, 5) is 20.1. The molecule has 1 aliphatic rings. The summed E-state index contributed by atoms with van der Waals surface area (Å²) < 4.78 is 0. The van der Waals surface area contributed by atoms with Gasteiger partial charge in [-0.2, -0.15) is 0 Å². The molecule has 1 aromatic rings. The fourth-order valence-corrected chi connectivity index (χ4v) is 2.40. The van der Waals surface area contributed by atoms with Gasteiger partial charge in [0.2, 0.25) is 0 Å². The first kappa shape index (κ1) is 13.8. The number of rotatable bonds is 3. The first-order valence-electron chi connectivity index (χ1n) is 6.68. The van der Waals surface area contributed by atoms with Gasteiger partial charge in [0, 0.05) is 37.9 Å². The number of hydrogen-bond acceptors (Lipinski definition) is 4. The first-order valence-corrected chi connectivity index (χ1v) is 6.68. The fourth-order valence-electron chi connectivity index (χ4n) is 2.40. The standard InChI is InChI=1S/C14H21N3O2/c1-10(2)16-4-6-17(7-5-16)13-9-12(14(18)19)8-11(3)15-13/h8-10H,4-7H2,1-3H3,(H,18,19). The molecule has 104 valence electrons. The van der Waals surface area contributed by atoms with E-state index in [1.54, 1.807) is 12.1 Å². The van der Waals surface area contributed by atoms with Gasteiger partial charge in [-0.1, -0.05) is 0 Å². The summed E-state index contributed by atoms with van der Waals surface area (Å²) in [6, 6.07) is 3.83. The molecule has 1 fully saturated rings. The van der Waals surface area contributed by atoms with Gasteiger partial charge in [0.05, 0.1) is 5.56 Å². The van der Waals surface area contributed by atoms with Gasteiger partial charge in [-0.3, -0.25) is 4.90 Å². The van der Waals surface area contributed by atoms with Crippen LogP contribution in [0.2, 0.25) is 0 Å². The third kappa shape index (κ3) is 3.23. The monoisotopic (exact) mass is 263 g/mol. The number of piperazine rings is 1. The number of carboxylic acid groups (broad SMARTS) is 1. The molecule has 2 heterocycles. The van der Waals surface area contributed by atoms with Crippen molar-refractivity contribution in [2.24, 2.45) is 0 Å². The van der Waals surface area contributed by atoms with Crippen LogP contribution in [0.5, 0.6) is 0 Å². The van der Waals surface area contributed by atoms with Crippen molar-refractivity contribution in [1.29, 1.82) is 0 Å². The van der Waals surface area contributed by atoms with Crippen LogP contribution >= 0.6 is 0 Å². The molecule has 19 heavy (non-hydrogen) atoms. The second-order valence-corrected chi connectivity index (χ2v) is 5.28. The molecule has 0 aliphatic carbocycles. The first-order chi connectivity index (χ1) is 8.97. The lowest BCUT2D eigenvalue weighted by Crippen LogP contribution is -2.49. The van der Waals surface area contributed by atoms with Gasteiger partial charge >= 0.3 is 5.97 Å². The third-order valence-electron chi connectivity index (χ3n) is 3.56. The Kier molecular flexibility index (Phi) is 4.04. The van der Waals surface area contributed by atoms with Crippen LogP contribution in [0.3, 0.4) is 0 Å². The maximum atomic E-state index is 11.1. The van der Waals surface area contributed by atoms with Gasteiger partial charge in [-0.25, -0.2) is 9.78 Å². The van der Waals surface area contributed by atoms with Crippen molar-refractivity contribution in [3.63, 3.8) is 0 Å². The molecule has 0 saturated carbocycles. The predicted octanol–water partition coefficient (Wildman–Crippen LogP) is 1.62. The Morgan fingerprint density at radius 3 is 2.42 bits per heavy atom. The van der Waals surface area contributed by atoms with Gasteiger partial charge in [-0.15, -0.1) is 0 Å². The minimum Gasteiger partial charge on any atom is -0.478 e. The summed E-state index contributed by atoms with van der Waals surface area (Å²) in [6.07, 6.45) is 0. The van der Waals surface area contributed by atoms with Gasteiger partial charge in [0.1, 0.15) is 5.82 Å². The van der Waals surface area contributed by atoms with Crippen LogP contribution in [0, 0.1) is 6.92 Å². The molecule has 0 bridgehead atoms. The highest BCUT2D eigenvalue weighted by atomic mass is 16.4. The van der Waals surface area contributed by atoms with E-state index in [9.17, 15) is 4.79 Å². The van der Waals surface area contributed by atoms with Gasteiger partial charge in [-0.05, 0) is 32.9 Å². The van der Waals surface area contributed by atoms with Crippen molar-refractivity contribution >= 4 is 11.8 Å². The van der Waals surface area contributed by atoms with E-state index >= 15 is 0 Å². The summed E-state index contributed by atoms with van der Waals surface area (Å²) >= 11 is 0. The van der Waals surface area contributed by atoms with Crippen molar-refractivity contribution in [3.8, 4) is 0 Å². The molecule has 2 rings (SSSR count). The molecule has 0 unspecified atom stereocenters. The third-order valence-corrected chi connectivity index (χ3v) is 3.56. The second-order valence-electron chi connectivity index (χ2n) is 5.28. The van der Waals surface area contributed by atoms with Crippen LogP contribution < -0.4 is 4.90 Å². The Bertz CT molecular complexity index is 466. The molecule has 1 saturated heterocycles. The minimum absolute atomic E-state index is 0.314. The topological polar surface area (TPSA) is 56.7 Å². The van der Waals surface area contributed by atoms with Crippen molar-refractivity contribution in [2.45, 2.75) is 26.8 Å². The number of carboxylic acids is 1. The maximum Gasteiger partial charge on any atom is 0.335 e. The van der Waals surface area contributed by atoms with Gasteiger partial charge < -0.3 is 10.0 Å². The normalized spacial score (nSPS) is 16.9. The number of carbonyl (C=O) groups is 1. The number of pyridine rings is 1. The van der Waals surface area contributed by atoms with Gasteiger partial charge in [0.15, 0.2) is 0 Å². The Morgan fingerprint density at radius 2 is 1.89 bits per heavy atom. The predicted molar refractivity (Wildman–Crippen MR) is 74.9 cm³/mol. The Balaban J connectivity index is 2.13. The molecule has 0 amide bonds. The minimum atomic E-state index is -0.896. The second kappa shape index (κ2) is 5.57. The molecular formula is C14H21N3O2. The van der Waals surface area contributed by atoms with E-state index in [4.69, 9.17) is 5.11 Å². The van der Waals surface area contributed by atoms with Gasteiger partial charge in [0.25, 0.3) is 0 Å². The van der Waals surface area contributed by atoms with Crippen molar-refractivity contribution in [2.75, 3.05) is 31.1 Å². The van der Waals surface area contributed by atoms with Crippen molar-refractivity contribution in [1.82, 2.24) is 9.88 Å². The van der Waals surface area contributed by atoms with Crippen LogP contribution in [0.15, 0.2) is 12.1 Å². The lowest BCUT2D eigenvalue weighted by molar-refractivity contribution is 0.0696. The van der Waals surface area contributed by atoms with E-state index in [-0.39, 0.29) is 0 Å². The molecule has 1 aromatic heterocycles. The lowest BCUT2D eigenvalue weighted by Gasteiger charge is -2.37. The van der Waals surface area contributed by atoms with Crippen LogP contribution in [0.25, 0.3) is 0 Å². The maximum absolute atomic E-state index is 11.1. The average Bonchev–Trinajstić information content (AvgIpc) is 2.38. The zero-order valence-corrected chi connectivity index (χ0v) is 11.8. The van der Waals surface area contributed by atoms with E-state index in [1.807, 2.05) is 6.92 Å². The number of hydrogen-bond donors (Lipinski definition) is 1. The summed E-state index contributed by atoms with van der Waals surface area (Å²) in [5.74, 6) is -0.117. The highest BCUT2D eigenvalue weighted by molar-refractivity contribution is 5.88. The van der Waals surface area contributed by atoms with Crippen LogP contribution in [0.1, 0.15) is 29.9 Å². The smallest absolute Gasteiger partial charge is 0.335 e. The van der Waals surface area contributed by atoms with E-state index < -0.39 is 5.97 Å². The Labute approximate surface area is 113 Å². The van der Waals surface area contributed by atoms with Crippen LogP contribution in [-0.2, 0) is 0 Å². The van der Waals surface area contributed by atoms with Crippen molar-refractivity contribution in [3.05, 3.63) is 23.4 Å². The summed E-state index contributed by atoms with van der Waals surface area (Å²) in [5.41, 5.74) is 1.06. The highest BCUT2D eigenvalue weighted by Crippen LogP contribution is 2.17. The number of nitrogens with zero attached hydrogens (tertiary/aromatic N) is 3. The lowest BCUT2D eigenvalue weighted by atomic mass is 10.2. The molecule has 0 spiro atoms. The molecule has 0 atom stereocenters. The van der Waals surface area contributed by atoms with E-state index in [0.29, 0.717) is 11.6 Å². The van der Waals surface area contributed by atoms with Crippen molar-refractivity contribution < 1.29 is 9.90 Å². The fraction of sp³-hybridized carbons (Fsp3) is 0.571. The quantitative estimate of drug-likeness (QED) is 0.898.